The predicted octanol–water partition coefficient (Wildman–Crippen LogP) is -0.110. The topological polar surface area (TPSA) is 99.1 Å². The number of likely N-dealkylation sites (N-methyl/N-ethyl adjacent to an activating group) is 1. The smallest absolute Gasteiger partial charge is 0.332 e. The molecule has 0 bridgehead atoms. The maximum Gasteiger partial charge on any atom is 0.332 e. The van der Waals surface area contributed by atoms with Crippen molar-refractivity contribution in [2.75, 3.05) is 32.8 Å². The van der Waals surface area contributed by atoms with Crippen molar-refractivity contribution in [1.82, 2.24) is 10.2 Å². The molecule has 0 aliphatic carbocycles. The van der Waals surface area contributed by atoms with Gasteiger partial charge in [-0.05, 0) is 13.8 Å². The summed E-state index contributed by atoms with van der Waals surface area (Å²) in [6.07, 6.45) is -1.45. The number of carbonyl (C=O) groups is 2. The molecular weight excluding hydrogens is 240 g/mol. The van der Waals surface area contributed by atoms with Gasteiger partial charge in [-0.15, -0.1) is 0 Å². The molecule has 0 aromatic heterocycles. The summed E-state index contributed by atoms with van der Waals surface area (Å²) in [5.41, 5.74) is 0. The second-order valence-corrected chi connectivity index (χ2v) is 3.65. The van der Waals surface area contributed by atoms with Crippen LogP contribution in [0.5, 0.6) is 0 Å². The third-order valence-corrected chi connectivity index (χ3v) is 2.36. The molecular formula is C11H22N2O5. The van der Waals surface area contributed by atoms with Gasteiger partial charge in [-0.2, -0.15) is 0 Å². The third-order valence-electron chi connectivity index (χ3n) is 2.36. The highest BCUT2D eigenvalue weighted by molar-refractivity contribution is 5.74. The summed E-state index contributed by atoms with van der Waals surface area (Å²) in [6.45, 7) is 5.94. The molecule has 106 valence electrons. The average Bonchev–Trinajstić information content (AvgIpc) is 2.34. The van der Waals surface area contributed by atoms with Crippen LogP contribution in [0.15, 0.2) is 0 Å². The lowest BCUT2D eigenvalue weighted by Gasteiger charge is -2.21. The monoisotopic (exact) mass is 262 g/mol. The van der Waals surface area contributed by atoms with Gasteiger partial charge in [0.2, 0.25) is 0 Å². The van der Waals surface area contributed by atoms with Gasteiger partial charge < -0.3 is 25.2 Å². The Morgan fingerprint density at radius 1 is 1.39 bits per heavy atom. The Kier molecular flexibility index (Phi) is 8.95. The maximum absolute atomic E-state index is 11.7. The van der Waals surface area contributed by atoms with Gasteiger partial charge in [-0.25, -0.2) is 9.59 Å². The summed E-state index contributed by atoms with van der Waals surface area (Å²) in [6, 6.07) is -0.283. The van der Waals surface area contributed by atoms with Crippen LogP contribution in [0.1, 0.15) is 20.3 Å². The van der Waals surface area contributed by atoms with Crippen molar-refractivity contribution in [3.05, 3.63) is 0 Å². The highest BCUT2D eigenvalue weighted by Gasteiger charge is 2.14. The Labute approximate surface area is 107 Å². The number of nitrogens with zero attached hydrogens (tertiary/aromatic N) is 1. The van der Waals surface area contributed by atoms with Gasteiger partial charge in [0, 0.05) is 32.7 Å². The first kappa shape index (κ1) is 16.7. The van der Waals surface area contributed by atoms with Crippen LogP contribution in [0.4, 0.5) is 4.79 Å². The van der Waals surface area contributed by atoms with E-state index in [0.717, 1.165) is 0 Å². The minimum Gasteiger partial charge on any atom is -0.479 e. The Morgan fingerprint density at radius 3 is 2.56 bits per heavy atom. The van der Waals surface area contributed by atoms with Crippen LogP contribution in [0.25, 0.3) is 0 Å². The van der Waals surface area contributed by atoms with E-state index >= 15 is 0 Å². The van der Waals surface area contributed by atoms with E-state index in [1.807, 2.05) is 13.8 Å². The van der Waals surface area contributed by atoms with Crippen molar-refractivity contribution < 1.29 is 24.5 Å². The number of aliphatic hydroxyl groups excluding tert-OH is 1. The number of aliphatic hydroxyl groups is 1. The summed E-state index contributed by atoms with van der Waals surface area (Å²) >= 11 is 0. The molecule has 0 spiro atoms. The number of aliphatic carboxylic acids is 1. The van der Waals surface area contributed by atoms with Gasteiger partial charge >= 0.3 is 12.0 Å². The molecule has 18 heavy (non-hydrogen) atoms. The number of amides is 2. The number of carboxylic acids is 1. The number of hydrogen-bond donors (Lipinski definition) is 3. The summed E-state index contributed by atoms with van der Waals surface area (Å²) in [5, 5.41) is 20.0. The largest absolute Gasteiger partial charge is 0.479 e. The molecule has 0 aliphatic rings. The first-order chi connectivity index (χ1) is 8.52. The minimum absolute atomic E-state index is 0.00983. The summed E-state index contributed by atoms with van der Waals surface area (Å²) in [7, 11) is 0. The molecule has 7 nitrogen and oxygen atoms in total. The highest BCUT2D eigenvalue weighted by Crippen LogP contribution is 1.93. The zero-order valence-electron chi connectivity index (χ0n) is 10.9. The Bertz CT molecular complexity index is 260. The zero-order valence-corrected chi connectivity index (χ0v) is 10.9. The van der Waals surface area contributed by atoms with Crippen molar-refractivity contribution in [3.8, 4) is 0 Å². The molecule has 0 saturated heterocycles. The molecule has 3 N–H and O–H groups in total. The molecule has 0 fully saturated rings. The van der Waals surface area contributed by atoms with E-state index in [4.69, 9.17) is 14.9 Å². The van der Waals surface area contributed by atoms with Crippen LogP contribution < -0.4 is 5.32 Å². The van der Waals surface area contributed by atoms with E-state index < -0.39 is 12.1 Å². The fourth-order valence-corrected chi connectivity index (χ4v) is 1.27. The second-order valence-electron chi connectivity index (χ2n) is 3.65. The second kappa shape index (κ2) is 9.67. The normalized spacial score (nSPS) is 11.9. The van der Waals surface area contributed by atoms with Crippen LogP contribution in [0.2, 0.25) is 0 Å². The number of carbonyl (C=O) groups excluding carboxylic acids is 1. The molecule has 0 rings (SSSR count). The SMILES string of the molecule is CCOCCN(CC)C(=O)NCC[C@H](O)C(=O)O. The lowest BCUT2D eigenvalue weighted by Crippen LogP contribution is -2.42. The number of urea groups is 1. The van der Waals surface area contributed by atoms with E-state index in [0.29, 0.717) is 26.3 Å². The molecule has 0 aromatic rings. The van der Waals surface area contributed by atoms with Gasteiger partial charge in [0.1, 0.15) is 0 Å². The maximum atomic E-state index is 11.7. The van der Waals surface area contributed by atoms with Gasteiger partial charge in [0.25, 0.3) is 0 Å². The summed E-state index contributed by atoms with van der Waals surface area (Å²) in [4.78, 5) is 23.6. The van der Waals surface area contributed by atoms with E-state index in [2.05, 4.69) is 5.32 Å². The van der Waals surface area contributed by atoms with E-state index in [-0.39, 0.29) is 19.0 Å². The van der Waals surface area contributed by atoms with Gasteiger partial charge in [-0.1, -0.05) is 0 Å². The van der Waals surface area contributed by atoms with E-state index in [1.165, 1.54) is 0 Å². The number of hydrogen-bond acceptors (Lipinski definition) is 4. The van der Waals surface area contributed by atoms with Crippen LogP contribution in [-0.4, -0.2) is 66.1 Å². The van der Waals surface area contributed by atoms with Gasteiger partial charge in [0.05, 0.1) is 6.61 Å². The van der Waals surface area contributed by atoms with E-state index in [1.54, 1.807) is 4.90 Å². The van der Waals surface area contributed by atoms with Gasteiger partial charge in [-0.3, -0.25) is 0 Å². The Balaban J connectivity index is 3.86. The number of nitrogens with one attached hydrogen (secondary N) is 1. The molecule has 1 atom stereocenters. The molecule has 0 radical (unpaired) electrons. The number of rotatable bonds is 9. The molecule has 0 heterocycles. The molecule has 2 amide bonds. The standard InChI is InChI=1S/C11H22N2O5/c1-3-13(7-8-18-4-2)11(17)12-6-5-9(14)10(15)16/h9,14H,3-8H2,1-2H3,(H,12,17)(H,15,16)/t9-/m0/s1. The van der Waals surface area contributed by atoms with Crippen molar-refractivity contribution in [2.45, 2.75) is 26.4 Å². The highest BCUT2D eigenvalue weighted by atomic mass is 16.5. The fraction of sp³-hybridized carbons (Fsp3) is 0.818. The molecule has 0 aromatic carbocycles. The van der Waals surface area contributed by atoms with Crippen molar-refractivity contribution >= 4 is 12.0 Å². The van der Waals surface area contributed by atoms with Crippen LogP contribution in [-0.2, 0) is 9.53 Å². The predicted molar refractivity (Wildman–Crippen MR) is 65.4 cm³/mol. The lowest BCUT2D eigenvalue weighted by atomic mass is 10.2. The quantitative estimate of drug-likeness (QED) is 0.503. The fourth-order valence-electron chi connectivity index (χ4n) is 1.27. The van der Waals surface area contributed by atoms with Crippen LogP contribution in [0, 0.1) is 0 Å². The molecule has 0 saturated carbocycles. The third kappa shape index (κ3) is 7.08. The molecule has 0 unspecified atom stereocenters. The first-order valence-electron chi connectivity index (χ1n) is 6.04. The zero-order chi connectivity index (χ0) is 14.0. The lowest BCUT2D eigenvalue weighted by molar-refractivity contribution is -0.146. The number of carboxylic acid groups (broad SMARTS) is 1. The van der Waals surface area contributed by atoms with E-state index in [9.17, 15) is 9.59 Å². The summed E-state index contributed by atoms with van der Waals surface area (Å²) in [5.74, 6) is -1.28. The molecule has 0 aliphatic heterocycles. The van der Waals surface area contributed by atoms with Crippen LogP contribution in [0.3, 0.4) is 0 Å². The minimum atomic E-state index is -1.44. The first-order valence-corrected chi connectivity index (χ1v) is 6.04. The summed E-state index contributed by atoms with van der Waals surface area (Å²) < 4.78 is 5.15. The average molecular weight is 262 g/mol. The van der Waals surface area contributed by atoms with Crippen molar-refractivity contribution in [2.24, 2.45) is 0 Å². The molecule has 7 heteroatoms. The van der Waals surface area contributed by atoms with Crippen LogP contribution >= 0.6 is 0 Å². The van der Waals surface area contributed by atoms with Crippen molar-refractivity contribution in [3.63, 3.8) is 0 Å². The van der Waals surface area contributed by atoms with Crippen molar-refractivity contribution in [1.29, 1.82) is 0 Å². The van der Waals surface area contributed by atoms with Gasteiger partial charge in [0.15, 0.2) is 6.10 Å². The Hall–Kier alpha value is -1.34. The Morgan fingerprint density at radius 2 is 2.06 bits per heavy atom. The number of ether oxygens (including phenoxy) is 1.